The van der Waals surface area contributed by atoms with Crippen LogP contribution in [0.4, 0.5) is 11.4 Å². The lowest BCUT2D eigenvalue weighted by Gasteiger charge is -2.39. The average Bonchev–Trinajstić information content (AvgIpc) is 2.31. The van der Waals surface area contributed by atoms with Crippen molar-refractivity contribution < 1.29 is 5.11 Å². The van der Waals surface area contributed by atoms with Crippen LogP contribution in [0.3, 0.4) is 0 Å². The Labute approximate surface area is 115 Å². The molecule has 0 atom stereocenters. The van der Waals surface area contributed by atoms with Crippen molar-refractivity contribution >= 4 is 11.4 Å². The molecule has 0 spiro atoms. The molecule has 2 rings (SSSR count). The first-order chi connectivity index (χ1) is 8.85. The van der Waals surface area contributed by atoms with Crippen molar-refractivity contribution in [2.24, 2.45) is 0 Å². The molecule has 0 saturated carbocycles. The van der Waals surface area contributed by atoms with Crippen LogP contribution in [0.2, 0.25) is 0 Å². The van der Waals surface area contributed by atoms with Crippen LogP contribution in [0.15, 0.2) is 18.2 Å². The second-order valence-corrected chi connectivity index (χ2v) is 6.12. The molecule has 0 unspecified atom stereocenters. The molecule has 19 heavy (non-hydrogen) atoms. The molecule has 1 aromatic carbocycles. The minimum atomic E-state index is -0.616. The third-order valence-electron chi connectivity index (χ3n) is 3.56. The number of hydrogen-bond donors (Lipinski definition) is 2. The van der Waals surface area contributed by atoms with Gasteiger partial charge in [-0.3, -0.25) is 4.90 Å². The topological polar surface area (TPSA) is 52.7 Å². The van der Waals surface area contributed by atoms with Crippen molar-refractivity contribution in [2.45, 2.75) is 26.4 Å². The van der Waals surface area contributed by atoms with Crippen molar-refractivity contribution in [2.75, 3.05) is 43.4 Å². The molecule has 0 bridgehead atoms. The van der Waals surface area contributed by atoms with Crippen molar-refractivity contribution in [1.82, 2.24) is 4.90 Å². The highest BCUT2D eigenvalue weighted by molar-refractivity contribution is 5.61. The van der Waals surface area contributed by atoms with Gasteiger partial charge in [0.1, 0.15) is 0 Å². The first-order valence-corrected chi connectivity index (χ1v) is 6.91. The molecule has 1 aliphatic rings. The summed E-state index contributed by atoms with van der Waals surface area (Å²) < 4.78 is 0. The fourth-order valence-corrected chi connectivity index (χ4v) is 2.66. The first kappa shape index (κ1) is 14.2. The van der Waals surface area contributed by atoms with Crippen molar-refractivity contribution in [3.63, 3.8) is 0 Å². The molecule has 0 radical (unpaired) electrons. The largest absolute Gasteiger partial charge is 0.399 e. The van der Waals surface area contributed by atoms with E-state index in [9.17, 15) is 5.11 Å². The summed E-state index contributed by atoms with van der Waals surface area (Å²) in [6.45, 7) is 10.5. The maximum atomic E-state index is 9.86. The molecule has 4 heteroatoms. The van der Waals surface area contributed by atoms with Gasteiger partial charge >= 0.3 is 0 Å². The highest BCUT2D eigenvalue weighted by Gasteiger charge is 2.23. The molecule has 1 heterocycles. The number of aliphatic hydroxyl groups is 1. The quantitative estimate of drug-likeness (QED) is 0.811. The van der Waals surface area contributed by atoms with Crippen LogP contribution in [-0.2, 0) is 0 Å². The van der Waals surface area contributed by atoms with Crippen LogP contribution >= 0.6 is 0 Å². The fraction of sp³-hybridized carbons (Fsp3) is 0.600. The van der Waals surface area contributed by atoms with E-state index in [1.165, 1.54) is 11.3 Å². The van der Waals surface area contributed by atoms with Gasteiger partial charge in [-0.05, 0) is 38.5 Å². The van der Waals surface area contributed by atoms with E-state index in [0.29, 0.717) is 0 Å². The Bertz CT molecular complexity index is 432. The van der Waals surface area contributed by atoms with E-state index in [4.69, 9.17) is 5.73 Å². The number of piperazine rings is 1. The number of nitrogen functional groups attached to an aromatic ring is 1. The molecule has 0 aliphatic carbocycles. The summed E-state index contributed by atoms with van der Waals surface area (Å²) in [7, 11) is 0. The van der Waals surface area contributed by atoms with E-state index in [0.717, 1.165) is 38.4 Å². The smallest absolute Gasteiger partial charge is 0.0718 e. The second kappa shape index (κ2) is 5.39. The van der Waals surface area contributed by atoms with Gasteiger partial charge in [0.2, 0.25) is 0 Å². The van der Waals surface area contributed by atoms with E-state index >= 15 is 0 Å². The molecule has 1 saturated heterocycles. The Balaban J connectivity index is 1.98. The zero-order valence-corrected chi connectivity index (χ0v) is 12.2. The summed E-state index contributed by atoms with van der Waals surface area (Å²) >= 11 is 0. The predicted molar refractivity (Wildman–Crippen MR) is 80.5 cm³/mol. The summed E-state index contributed by atoms with van der Waals surface area (Å²) in [5.74, 6) is 0. The number of nitrogens with zero attached hydrogens (tertiary/aromatic N) is 2. The van der Waals surface area contributed by atoms with Gasteiger partial charge < -0.3 is 15.7 Å². The van der Waals surface area contributed by atoms with E-state index in [2.05, 4.69) is 28.9 Å². The van der Waals surface area contributed by atoms with E-state index in [1.807, 2.05) is 19.9 Å². The van der Waals surface area contributed by atoms with E-state index in [1.54, 1.807) is 0 Å². The second-order valence-electron chi connectivity index (χ2n) is 6.12. The van der Waals surface area contributed by atoms with Crippen molar-refractivity contribution in [3.8, 4) is 0 Å². The van der Waals surface area contributed by atoms with Crippen molar-refractivity contribution in [3.05, 3.63) is 23.8 Å². The van der Waals surface area contributed by atoms with E-state index < -0.39 is 5.60 Å². The average molecular weight is 263 g/mol. The third-order valence-corrected chi connectivity index (χ3v) is 3.56. The zero-order chi connectivity index (χ0) is 14.0. The van der Waals surface area contributed by atoms with Crippen LogP contribution < -0.4 is 10.6 Å². The Morgan fingerprint density at radius 1 is 1.21 bits per heavy atom. The lowest BCUT2D eigenvalue weighted by Crippen LogP contribution is -2.50. The maximum Gasteiger partial charge on any atom is 0.0718 e. The summed E-state index contributed by atoms with van der Waals surface area (Å²) in [5.41, 5.74) is 8.59. The predicted octanol–water partition coefficient (Wildman–Crippen LogP) is 1.47. The third kappa shape index (κ3) is 3.85. The molecular formula is C15H25N3O. The van der Waals surface area contributed by atoms with Crippen LogP contribution in [0, 0.1) is 6.92 Å². The minimum absolute atomic E-state index is 0.616. The minimum Gasteiger partial charge on any atom is -0.399 e. The van der Waals surface area contributed by atoms with Gasteiger partial charge in [0.25, 0.3) is 0 Å². The molecule has 106 valence electrons. The monoisotopic (exact) mass is 263 g/mol. The molecule has 0 aromatic heterocycles. The fourth-order valence-electron chi connectivity index (χ4n) is 2.66. The number of anilines is 2. The standard InChI is InChI=1S/C15H25N3O/c1-12-4-5-13(16)10-14(12)18-8-6-17(7-9-18)11-15(2,3)19/h4-5,10,19H,6-9,11,16H2,1-3H3. The summed E-state index contributed by atoms with van der Waals surface area (Å²) in [6.07, 6.45) is 0. The van der Waals surface area contributed by atoms with Crippen LogP contribution in [0.25, 0.3) is 0 Å². The number of aryl methyl sites for hydroxylation is 1. The van der Waals surface area contributed by atoms with Gasteiger partial charge in [-0.15, -0.1) is 0 Å². The molecule has 1 aromatic rings. The molecule has 3 N–H and O–H groups in total. The summed E-state index contributed by atoms with van der Waals surface area (Å²) in [4.78, 5) is 4.70. The number of rotatable bonds is 3. The SMILES string of the molecule is Cc1ccc(N)cc1N1CCN(CC(C)(C)O)CC1. The van der Waals surface area contributed by atoms with Gasteiger partial charge in [0.15, 0.2) is 0 Å². The van der Waals surface area contributed by atoms with Gasteiger partial charge in [0.05, 0.1) is 5.60 Å². The Morgan fingerprint density at radius 2 is 1.84 bits per heavy atom. The van der Waals surface area contributed by atoms with Crippen LogP contribution in [0.1, 0.15) is 19.4 Å². The normalized spacial score (nSPS) is 17.8. The zero-order valence-electron chi connectivity index (χ0n) is 12.2. The number of β-amino-alcohol motifs (C(OH)–C–C–N with tert-alkyl or cyclic N) is 1. The Morgan fingerprint density at radius 3 is 2.42 bits per heavy atom. The molecule has 0 amide bonds. The number of hydrogen-bond acceptors (Lipinski definition) is 4. The van der Waals surface area contributed by atoms with Crippen LogP contribution in [0.5, 0.6) is 0 Å². The number of benzene rings is 1. The molecule has 1 aliphatic heterocycles. The van der Waals surface area contributed by atoms with Gasteiger partial charge in [-0.1, -0.05) is 6.07 Å². The van der Waals surface area contributed by atoms with E-state index in [-0.39, 0.29) is 0 Å². The number of nitrogens with two attached hydrogens (primary N) is 1. The van der Waals surface area contributed by atoms with Gasteiger partial charge in [-0.25, -0.2) is 0 Å². The molecular weight excluding hydrogens is 238 g/mol. The van der Waals surface area contributed by atoms with Gasteiger partial charge in [0, 0.05) is 44.1 Å². The highest BCUT2D eigenvalue weighted by Crippen LogP contribution is 2.24. The van der Waals surface area contributed by atoms with Crippen LogP contribution in [-0.4, -0.2) is 48.3 Å². The summed E-state index contributed by atoms with van der Waals surface area (Å²) in [6, 6.07) is 6.08. The lowest BCUT2D eigenvalue weighted by atomic mass is 10.1. The molecule has 1 fully saturated rings. The Kier molecular flexibility index (Phi) is 4.02. The molecule has 4 nitrogen and oxygen atoms in total. The first-order valence-electron chi connectivity index (χ1n) is 6.91. The lowest BCUT2D eigenvalue weighted by molar-refractivity contribution is 0.0345. The van der Waals surface area contributed by atoms with Crippen molar-refractivity contribution in [1.29, 1.82) is 0 Å². The van der Waals surface area contributed by atoms with Gasteiger partial charge in [-0.2, -0.15) is 0 Å². The maximum absolute atomic E-state index is 9.86. The summed E-state index contributed by atoms with van der Waals surface area (Å²) in [5, 5.41) is 9.86. The Hall–Kier alpha value is -1.26. The highest BCUT2D eigenvalue weighted by atomic mass is 16.3.